The van der Waals surface area contributed by atoms with Crippen LogP contribution in [0.4, 0.5) is 0 Å². The number of allylic oxidation sites excluding steroid dienone is 1. The number of aryl methyl sites for hydroxylation is 1. The summed E-state index contributed by atoms with van der Waals surface area (Å²) < 4.78 is 0. The Morgan fingerprint density at radius 2 is 1.60 bits per heavy atom. The van der Waals surface area contributed by atoms with Crippen LogP contribution in [0, 0.1) is 6.92 Å². The quantitative estimate of drug-likeness (QED) is 0.669. The molecule has 1 unspecified atom stereocenters. The molecule has 0 aliphatic carbocycles. The summed E-state index contributed by atoms with van der Waals surface area (Å²) in [5.74, 6) is 0. The third-order valence-electron chi connectivity index (χ3n) is 2.37. The molecular weight excluding hydrogens is 261 g/mol. The Morgan fingerprint density at radius 3 is 1.95 bits per heavy atom. The van der Waals surface area contributed by atoms with Gasteiger partial charge in [0, 0.05) is 6.54 Å². The summed E-state index contributed by atoms with van der Waals surface area (Å²) >= 11 is 0. The third kappa shape index (κ3) is 11.2. The van der Waals surface area contributed by atoms with Crippen LogP contribution < -0.4 is 5.09 Å². The maximum atomic E-state index is 3.94. The molecule has 1 N–H and O–H groups in total. The molecule has 0 spiro atoms. The average Bonchev–Trinajstić information content (AvgIpc) is 2.52. The molecule has 0 amide bonds. The van der Waals surface area contributed by atoms with E-state index in [0.717, 1.165) is 18.5 Å². The van der Waals surface area contributed by atoms with Crippen molar-refractivity contribution < 1.29 is 0 Å². The molecule has 1 atom stereocenters. The monoisotopic (exact) mass is 297 g/mol. The van der Waals surface area contributed by atoms with E-state index in [-0.39, 0.29) is 0 Å². The molecule has 2 heteroatoms. The summed E-state index contributed by atoms with van der Waals surface area (Å²) in [4.78, 5) is 0. The highest BCUT2D eigenvalue weighted by Gasteiger charge is 1.99. The van der Waals surface area contributed by atoms with Gasteiger partial charge >= 0.3 is 0 Å². The zero-order valence-electron chi connectivity index (χ0n) is 14.9. The van der Waals surface area contributed by atoms with E-state index in [0.29, 0.717) is 0 Å². The van der Waals surface area contributed by atoms with Crippen LogP contribution in [0.3, 0.4) is 0 Å². The first kappa shape index (κ1) is 24.4. The van der Waals surface area contributed by atoms with Gasteiger partial charge in [-0.3, -0.25) is 0 Å². The minimum atomic E-state index is 0.998. The van der Waals surface area contributed by atoms with Crippen molar-refractivity contribution in [1.29, 1.82) is 0 Å². The van der Waals surface area contributed by atoms with Crippen molar-refractivity contribution >= 4 is 15.0 Å². The first-order chi connectivity index (χ1) is 9.65. The minimum absolute atomic E-state index is 0.998. The highest BCUT2D eigenvalue weighted by molar-refractivity contribution is 7.13. The average molecular weight is 297 g/mol. The van der Waals surface area contributed by atoms with E-state index < -0.39 is 0 Å². The fraction of sp³-hybridized carbons (Fsp3) is 0.556. The first-order valence-corrected chi connectivity index (χ1v) is 8.41. The van der Waals surface area contributed by atoms with Gasteiger partial charge in [-0.2, -0.15) is 0 Å². The van der Waals surface area contributed by atoms with E-state index in [1.165, 1.54) is 16.7 Å². The van der Waals surface area contributed by atoms with Crippen LogP contribution in [0.1, 0.15) is 65.2 Å². The van der Waals surface area contributed by atoms with Gasteiger partial charge in [-0.1, -0.05) is 81.3 Å². The Kier molecular flexibility index (Phi) is 22.4. The highest BCUT2D eigenvalue weighted by atomic mass is 31.0. The van der Waals surface area contributed by atoms with Gasteiger partial charge in [-0.15, -0.1) is 0 Å². The molecule has 0 aromatic heterocycles. The summed E-state index contributed by atoms with van der Waals surface area (Å²) in [5, 5.41) is 3.08. The van der Waals surface area contributed by atoms with Crippen LogP contribution >= 0.6 is 9.39 Å². The van der Waals surface area contributed by atoms with Crippen molar-refractivity contribution in [2.24, 2.45) is 0 Å². The Balaban J connectivity index is -0.000000425. The fourth-order valence-electron chi connectivity index (χ4n) is 1.45. The van der Waals surface area contributed by atoms with E-state index in [2.05, 4.69) is 46.2 Å². The summed E-state index contributed by atoms with van der Waals surface area (Å²) in [5.41, 5.74) is 5.13. The Morgan fingerprint density at radius 1 is 1.10 bits per heavy atom. The van der Waals surface area contributed by atoms with E-state index in [9.17, 15) is 0 Å². The van der Waals surface area contributed by atoms with Crippen molar-refractivity contribution in [2.45, 2.75) is 61.8 Å². The Bertz CT molecular complexity index is 332. The molecular formula is C18H36NP. The predicted octanol–water partition coefficient (Wildman–Crippen LogP) is 6.03. The van der Waals surface area contributed by atoms with Gasteiger partial charge in [0.05, 0.1) is 0 Å². The lowest BCUT2D eigenvalue weighted by atomic mass is 10.00. The molecule has 0 aliphatic heterocycles. The number of hydrogen-bond donors (Lipinski definition) is 1. The summed E-state index contributed by atoms with van der Waals surface area (Å²) in [6, 6.07) is 6.55. The maximum absolute atomic E-state index is 3.94. The van der Waals surface area contributed by atoms with Gasteiger partial charge in [-0.25, -0.2) is 0 Å². The van der Waals surface area contributed by atoms with Crippen molar-refractivity contribution in [3.63, 3.8) is 0 Å². The van der Waals surface area contributed by atoms with Crippen LogP contribution in [-0.4, -0.2) is 6.54 Å². The molecule has 0 radical (unpaired) electrons. The lowest BCUT2D eigenvalue weighted by molar-refractivity contribution is 0.901. The number of rotatable bonds is 4. The van der Waals surface area contributed by atoms with E-state index in [1.54, 1.807) is 0 Å². The standard InChI is InChI=1S/C12H18NP.3C2H6/c1-9(2)12-5-4-11(6-7-13-14)10(3)8-12;3*1-2/h4-5,8,13H,1,6-7,14H2,2-3H3;3*1-2H3. The van der Waals surface area contributed by atoms with Gasteiger partial charge in [0.15, 0.2) is 0 Å². The van der Waals surface area contributed by atoms with Gasteiger partial charge in [0.2, 0.25) is 0 Å². The van der Waals surface area contributed by atoms with Gasteiger partial charge in [-0.05, 0) is 37.0 Å². The third-order valence-corrected chi connectivity index (χ3v) is 2.66. The second-order valence-corrected chi connectivity index (χ2v) is 4.03. The van der Waals surface area contributed by atoms with E-state index in [1.807, 2.05) is 48.5 Å². The maximum Gasteiger partial charge on any atom is 0.00262 e. The Labute approximate surface area is 130 Å². The smallest absolute Gasteiger partial charge is 0.00262 e. The molecule has 0 bridgehead atoms. The van der Waals surface area contributed by atoms with Crippen LogP contribution in [0.25, 0.3) is 5.57 Å². The molecule has 118 valence electrons. The van der Waals surface area contributed by atoms with Crippen LogP contribution in [0.15, 0.2) is 24.8 Å². The normalized spacial score (nSPS) is 8.05. The van der Waals surface area contributed by atoms with E-state index in [4.69, 9.17) is 0 Å². The van der Waals surface area contributed by atoms with Gasteiger partial charge in [0.1, 0.15) is 0 Å². The van der Waals surface area contributed by atoms with Crippen LogP contribution in [0.2, 0.25) is 0 Å². The second-order valence-electron chi connectivity index (χ2n) is 3.63. The van der Waals surface area contributed by atoms with Crippen molar-refractivity contribution in [1.82, 2.24) is 5.09 Å². The van der Waals surface area contributed by atoms with Crippen LogP contribution in [0.5, 0.6) is 0 Å². The molecule has 0 heterocycles. The first-order valence-electron chi connectivity index (χ1n) is 7.84. The van der Waals surface area contributed by atoms with Gasteiger partial charge < -0.3 is 5.09 Å². The SMILES string of the molecule is C=C(C)c1ccc(CCNP)c(C)c1.CC.CC.CC. The summed E-state index contributed by atoms with van der Waals surface area (Å²) in [6.45, 7) is 21.1. The lowest BCUT2D eigenvalue weighted by Gasteiger charge is -2.08. The largest absolute Gasteiger partial charge is 0.300 e. The summed E-state index contributed by atoms with van der Waals surface area (Å²) in [7, 11) is 2.53. The summed E-state index contributed by atoms with van der Waals surface area (Å²) in [6.07, 6.45) is 1.08. The lowest BCUT2D eigenvalue weighted by Crippen LogP contribution is -2.05. The number of hydrogen-bond acceptors (Lipinski definition) is 1. The van der Waals surface area contributed by atoms with Crippen molar-refractivity contribution in [2.75, 3.05) is 6.54 Å². The van der Waals surface area contributed by atoms with Gasteiger partial charge in [0.25, 0.3) is 0 Å². The molecule has 0 fully saturated rings. The molecule has 0 aliphatic rings. The van der Waals surface area contributed by atoms with Crippen molar-refractivity contribution in [3.8, 4) is 0 Å². The van der Waals surface area contributed by atoms with Crippen molar-refractivity contribution in [3.05, 3.63) is 41.5 Å². The Hall–Kier alpha value is -0.650. The molecule has 1 rings (SSSR count). The van der Waals surface area contributed by atoms with E-state index >= 15 is 0 Å². The number of benzene rings is 1. The molecule has 1 nitrogen and oxygen atoms in total. The minimum Gasteiger partial charge on any atom is -0.300 e. The predicted molar refractivity (Wildman–Crippen MR) is 101 cm³/mol. The fourth-order valence-corrected chi connectivity index (χ4v) is 1.59. The molecule has 1 aromatic carbocycles. The number of nitrogens with one attached hydrogen (secondary N) is 1. The second kappa shape index (κ2) is 18.4. The topological polar surface area (TPSA) is 12.0 Å². The molecule has 1 aromatic rings. The highest BCUT2D eigenvalue weighted by Crippen LogP contribution is 2.16. The zero-order chi connectivity index (χ0) is 16.6. The molecule has 0 saturated carbocycles. The zero-order valence-corrected chi connectivity index (χ0v) is 16.1. The van der Waals surface area contributed by atoms with Crippen LogP contribution in [-0.2, 0) is 6.42 Å². The molecule has 0 saturated heterocycles. The molecule has 20 heavy (non-hydrogen) atoms.